The number of methoxy groups -OCH3 is 1. The predicted molar refractivity (Wildman–Crippen MR) is 123 cm³/mol. The van der Waals surface area contributed by atoms with Crippen LogP contribution in [0.4, 0.5) is 5.13 Å². The van der Waals surface area contributed by atoms with Gasteiger partial charge in [0.1, 0.15) is 0 Å². The number of piperidine rings is 1. The summed E-state index contributed by atoms with van der Waals surface area (Å²) in [6, 6.07) is 0. The van der Waals surface area contributed by atoms with Gasteiger partial charge in [-0.3, -0.25) is 9.59 Å². The number of carbonyl (C=O) groups is 2. The number of likely N-dealkylation sites (tertiary alicyclic amines) is 1. The summed E-state index contributed by atoms with van der Waals surface area (Å²) in [5, 5.41) is 10.5. The lowest BCUT2D eigenvalue weighted by molar-refractivity contribution is -0.134. The Hall–Kier alpha value is -3.01. The van der Waals surface area contributed by atoms with Gasteiger partial charge in [-0.15, -0.1) is 16.4 Å². The Bertz CT molecular complexity index is 1140. The molecule has 0 radical (unpaired) electrons. The maximum Gasteiger partial charge on any atom is 0.242 e. The summed E-state index contributed by atoms with van der Waals surface area (Å²) >= 11 is 1.39. The van der Waals surface area contributed by atoms with Gasteiger partial charge in [-0.2, -0.15) is 0 Å². The van der Waals surface area contributed by atoms with E-state index in [1.165, 1.54) is 11.3 Å². The van der Waals surface area contributed by atoms with Crippen LogP contribution in [0.1, 0.15) is 36.1 Å². The largest absolute Gasteiger partial charge is 0.479 e. The molecular weight excluding hydrogens is 428 g/mol. The fourth-order valence-corrected chi connectivity index (χ4v) is 4.94. The normalized spacial score (nSPS) is 16.4. The molecule has 0 aromatic carbocycles. The van der Waals surface area contributed by atoms with Crippen LogP contribution in [0, 0.1) is 19.8 Å². The average molecular weight is 457 g/mol. The van der Waals surface area contributed by atoms with Crippen LogP contribution in [0.2, 0.25) is 0 Å². The predicted octanol–water partition coefficient (Wildman–Crippen LogP) is 2.86. The molecule has 4 rings (SSSR count). The van der Waals surface area contributed by atoms with Gasteiger partial charge in [0.15, 0.2) is 10.8 Å². The van der Waals surface area contributed by atoms with E-state index in [0.717, 1.165) is 40.7 Å². The third-order valence-corrected chi connectivity index (χ3v) is 6.80. The van der Waals surface area contributed by atoms with Crippen molar-refractivity contribution in [3.8, 4) is 5.88 Å². The number of fused-ring (bicyclic) bond motifs is 1. The van der Waals surface area contributed by atoms with Crippen LogP contribution >= 0.6 is 11.3 Å². The molecule has 9 nitrogen and oxygen atoms in total. The zero-order chi connectivity index (χ0) is 22.8. The number of aromatic nitrogens is 4. The molecule has 0 bridgehead atoms. The van der Waals surface area contributed by atoms with Crippen LogP contribution in [0.15, 0.2) is 11.6 Å². The fourth-order valence-electron chi connectivity index (χ4n) is 4.41. The van der Waals surface area contributed by atoms with E-state index < -0.39 is 0 Å². The smallest absolute Gasteiger partial charge is 0.242 e. The van der Waals surface area contributed by atoms with Crippen LogP contribution in [0.3, 0.4) is 0 Å². The Kier molecular flexibility index (Phi) is 6.40. The minimum atomic E-state index is -0.210. The number of ether oxygens (including phenoxy) is 1. The average Bonchev–Trinajstić information content (AvgIpc) is 3.41. The molecule has 1 aliphatic heterocycles. The second-order valence-electron chi connectivity index (χ2n) is 8.14. The van der Waals surface area contributed by atoms with Crippen molar-refractivity contribution < 1.29 is 14.3 Å². The first-order valence-corrected chi connectivity index (χ1v) is 11.6. The van der Waals surface area contributed by atoms with Crippen molar-refractivity contribution in [3.05, 3.63) is 28.4 Å². The molecule has 0 saturated carbocycles. The lowest BCUT2D eigenvalue weighted by atomic mass is 9.96. The first-order valence-electron chi connectivity index (χ1n) is 10.7. The monoisotopic (exact) mass is 456 g/mol. The van der Waals surface area contributed by atoms with Crippen molar-refractivity contribution in [2.24, 2.45) is 13.0 Å². The van der Waals surface area contributed by atoms with E-state index in [4.69, 9.17) is 9.72 Å². The Morgan fingerprint density at radius 1 is 1.34 bits per heavy atom. The van der Waals surface area contributed by atoms with Crippen molar-refractivity contribution in [3.63, 3.8) is 0 Å². The Morgan fingerprint density at radius 3 is 2.88 bits per heavy atom. The minimum absolute atomic E-state index is 0.0637. The Balaban J connectivity index is 1.43. The molecule has 10 heteroatoms. The van der Waals surface area contributed by atoms with Gasteiger partial charge >= 0.3 is 0 Å². The SMILES string of the molecule is COc1nn(C)c2nc(C)c(CCC(=O)N3CCCC(C(=O)Nc4nccs4)C3)c(C)c12. The van der Waals surface area contributed by atoms with E-state index in [1.807, 2.05) is 31.2 Å². The third kappa shape index (κ3) is 4.32. The van der Waals surface area contributed by atoms with Crippen LogP contribution in [0.25, 0.3) is 11.0 Å². The summed E-state index contributed by atoms with van der Waals surface area (Å²) in [5.74, 6) is 0.333. The van der Waals surface area contributed by atoms with Crippen LogP contribution < -0.4 is 10.1 Å². The summed E-state index contributed by atoms with van der Waals surface area (Å²) in [6.45, 7) is 5.12. The first kappa shape index (κ1) is 22.2. The molecule has 4 heterocycles. The van der Waals surface area contributed by atoms with Crippen molar-refractivity contribution in [1.29, 1.82) is 0 Å². The van der Waals surface area contributed by atoms with Gasteiger partial charge in [-0.05, 0) is 44.2 Å². The highest BCUT2D eigenvalue weighted by molar-refractivity contribution is 7.13. The molecule has 3 aromatic rings. The molecule has 170 valence electrons. The number of hydrogen-bond acceptors (Lipinski definition) is 7. The summed E-state index contributed by atoms with van der Waals surface area (Å²) in [7, 11) is 3.44. The highest BCUT2D eigenvalue weighted by Gasteiger charge is 2.29. The van der Waals surface area contributed by atoms with E-state index in [0.29, 0.717) is 36.9 Å². The van der Waals surface area contributed by atoms with Crippen molar-refractivity contribution in [1.82, 2.24) is 24.6 Å². The fraction of sp³-hybridized carbons (Fsp3) is 0.500. The van der Waals surface area contributed by atoms with E-state index in [1.54, 1.807) is 18.0 Å². The van der Waals surface area contributed by atoms with E-state index >= 15 is 0 Å². The van der Waals surface area contributed by atoms with Crippen LogP contribution in [-0.4, -0.2) is 56.7 Å². The molecule has 3 aromatic heterocycles. The van der Waals surface area contributed by atoms with Gasteiger partial charge in [-0.25, -0.2) is 14.6 Å². The minimum Gasteiger partial charge on any atom is -0.479 e. The van der Waals surface area contributed by atoms with E-state index in [-0.39, 0.29) is 17.7 Å². The van der Waals surface area contributed by atoms with Crippen molar-refractivity contribution in [2.75, 3.05) is 25.5 Å². The summed E-state index contributed by atoms with van der Waals surface area (Å²) < 4.78 is 7.14. The number of thiazole rings is 1. The third-order valence-electron chi connectivity index (χ3n) is 6.11. The molecule has 1 fully saturated rings. The highest BCUT2D eigenvalue weighted by Crippen LogP contribution is 2.30. The highest BCUT2D eigenvalue weighted by atomic mass is 32.1. The number of aryl methyl sites for hydroxylation is 3. The maximum atomic E-state index is 13.0. The quantitative estimate of drug-likeness (QED) is 0.612. The number of anilines is 1. The van der Waals surface area contributed by atoms with Gasteiger partial charge in [0.05, 0.1) is 18.4 Å². The van der Waals surface area contributed by atoms with Gasteiger partial charge in [0.2, 0.25) is 17.7 Å². The molecule has 2 amide bonds. The van der Waals surface area contributed by atoms with Crippen molar-refractivity contribution >= 4 is 39.3 Å². The molecule has 1 unspecified atom stereocenters. The van der Waals surface area contributed by atoms with Gasteiger partial charge in [0, 0.05) is 43.8 Å². The first-order chi connectivity index (χ1) is 15.4. The Morgan fingerprint density at radius 2 is 2.16 bits per heavy atom. The van der Waals surface area contributed by atoms with E-state index in [2.05, 4.69) is 15.4 Å². The summed E-state index contributed by atoms with van der Waals surface area (Å²) in [5.41, 5.74) is 3.77. The number of rotatable bonds is 6. The number of hydrogen-bond donors (Lipinski definition) is 1. The van der Waals surface area contributed by atoms with Gasteiger partial charge in [-0.1, -0.05) is 0 Å². The molecule has 1 N–H and O–H groups in total. The molecule has 0 aliphatic carbocycles. The van der Waals surface area contributed by atoms with Crippen molar-refractivity contribution in [2.45, 2.75) is 39.5 Å². The van der Waals surface area contributed by atoms with Gasteiger partial charge in [0.25, 0.3) is 0 Å². The number of pyridine rings is 1. The topological polar surface area (TPSA) is 102 Å². The molecular formula is C22H28N6O3S. The number of amides is 2. The lowest BCUT2D eigenvalue weighted by Crippen LogP contribution is -2.43. The summed E-state index contributed by atoms with van der Waals surface area (Å²) in [6.07, 6.45) is 4.22. The van der Waals surface area contributed by atoms with Gasteiger partial charge < -0.3 is 15.0 Å². The zero-order valence-electron chi connectivity index (χ0n) is 18.8. The zero-order valence-corrected chi connectivity index (χ0v) is 19.7. The lowest BCUT2D eigenvalue weighted by Gasteiger charge is -2.32. The summed E-state index contributed by atoms with van der Waals surface area (Å²) in [4.78, 5) is 36.2. The van der Waals surface area contributed by atoms with Crippen LogP contribution in [-0.2, 0) is 23.1 Å². The van der Waals surface area contributed by atoms with E-state index in [9.17, 15) is 9.59 Å². The second-order valence-corrected chi connectivity index (χ2v) is 9.03. The maximum absolute atomic E-state index is 13.0. The second kappa shape index (κ2) is 9.23. The molecule has 1 atom stereocenters. The standard InChI is InChI=1S/C22H28N6O3S/c1-13-16(14(2)24-19-18(13)21(31-4)26-27(19)3)7-8-17(29)28-10-5-6-15(12-28)20(30)25-22-23-9-11-32-22/h9,11,15H,5-8,10,12H2,1-4H3,(H,23,25,30). The number of nitrogens with zero attached hydrogens (tertiary/aromatic N) is 5. The Labute approximate surface area is 190 Å². The molecule has 0 spiro atoms. The molecule has 1 aliphatic rings. The molecule has 1 saturated heterocycles. The van der Waals surface area contributed by atoms with Crippen LogP contribution in [0.5, 0.6) is 5.88 Å². The number of carbonyl (C=O) groups excluding carboxylic acids is 2. The molecule has 32 heavy (non-hydrogen) atoms. The number of nitrogens with one attached hydrogen (secondary N) is 1.